The molecule has 3 rings (SSSR count). The lowest BCUT2D eigenvalue weighted by atomic mass is 9.86. The van der Waals surface area contributed by atoms with E-state index in [1.807, 2.05) is 0 Å². The lowest BCUT2D eigenvalue weighted by molar-refractivity contribution is -0.141. The first-order chi connectivity index (χ1) is 10.3. The Bertz CT molecular complexity index is 678. The number of nitrogens with zero attached hydrogens (tertiary/aromatic N) is 1. The Kier molecular flexibility index (Phi) is 3.96. The summed E-state index contributed by atoms with van der Waals surface area (Å²) in [5.74, 6) is -1.71. The summed E-state index contributed by atoms with van der Waals surface area (Å²) in [4.78, 5) is 11.3. The minimum atomic E-state index is -3.93. The predicted octanol–water partition coefficient (Wildman–Crippen LogP) is 1.58. The minimum absolute atomic E-state index is 0.0198. The van der Waals surface area contributed by atoms with E-state index in [4.69, 9.17) is 20.8 Å². The molecule has 0 saturated carbocycles. The zero-order valence-electron chi connectivity index (χ0n) is 11.7. The third kappa shape index (κ3) is 2.54. The van der Waals surface area contributed by atoms with Gasteiger partial charge >= 0.3 is 5.97 Å². The first-order valence-electron chi connectivity index (χ1n) is 6.94. The van der Waals surface area contributed by atoms with Crippen molar-refractivity contribution in [3.05, 3.63) is 17.4 Å². The summed E-state index contributed by atoms with van der Waals surface area (Å²) in [7, 11) is -3.93. The lowest BCUT2D eigenvalue weighted by Gasteiger charge is -2.39. The zero-order chi connectivity index (χ0) is 16.0. The number of carbonyl (C=O) groups is 1. The summed E-state index contributed by atoms with van der Waals surface area (Å²) in [6.07, 6.45) is 1.24. The molecule has 0 aliphatic carbocycles. The van der Waals surface area contributed by atoms with E-state index in [1.54, 1.807) is 0 Å². The van der Waals surface area contributed by atoms with E-state index in [1.165, 1.54) is 16.4 Å². The van der Waals surface area contributed by atoms with Crippen molar-refractivity contribution in [2.75, 3.05) is 19.8 Å². The highest BCUT2D eigenvalue weighted by Gasteiger charge is 2.54. The van der Waals surface area contributed by atoms with E-state index >= 15 is 0 Å². The zero-order valence-corrected chi connectivity index (χ0v) is 13.3. The molecule has 0 bridgehead atoms. The van der Waals surface area contributed by atoms with E-state index in [0.717, 1.165) is 0 Å². The van der Waals surface area contributed by atoms with E-state index < -0.39 is 27.4 Å². The van der Waals surface area contributed by atoms with Crippen molar-refractivity contribution in [2.45, 2.75) is 29.9 Å². The largest absolute Gasteiger partial charge is 0.481 e. The first kappa shape index (κ1) is 15.8. The van der Waals surface area contributed by atoms with E-state index in [2.05, 4.69) is 0 Å². The number of furan rings is 1. The van der Waals surface area contributed by atoms with Gasteiger partial charge in [-0.15, -0.1) is 0 Å². The third-order valence-corrected chi connectivity index (χ3v) is 6.45. The Morgan fingerprint density at radius 2 is 2.05 bits per heavy atom. The molecule has 2 aliphatic heterocycles. The quantitative estimate of drug-likeness (QED) is 0.889. The molecule has 1 atom stereocenters. The van der Waals surface area contributed by atoms with Crippen LogP contribution in [-0.4, -0.2) is 49.1 Å². The second-order valence-corrected chi connectivity index (χ2v) is 7.84. The number of rotatable bonds is 3. The summed E-state index contributed by atoms with van der Waals surface area (Å²) in [5.41, 5.74) is -0.723. The summed E-state index contributed by atoms with van der Waals surface area (Å²) < 4.78 is 37.3. The highest BCUT2D eigenvalue weighted by molar-refractivity contribution is 7.89. The van der Waals surface area contributed by atoms with Crippen LogP contribution in [0.25, 0.3) is 0 Å². The van der Waals surface area contributed by atoms with E-state index in [0.29, 0.717) is 32.5 Å². The molecule has 1 unspecified atom stereocenters. The molecule has 0 radical (unpaired) electrons. The van der Waals surface area contributed by atoms with Crippen molar-refractivity contribution >= 4 is 27.6 Å². The van der Waals surface area contributed by atoms with Gasteiger partial charge in [-0.3, -0.25) is 4.79 Å². The number of halogens is 1. The second kappa shape index (κ2) is 5.52. The molecule has 22 heavy (non-hydrogen) atoms. The molecular formula is C13H16ClNO6S. The van der Waals surface area contributed by atoms with Crippen LogP contribution in [0, 0.1) is 5.92 Å². The number of hydrogen-bond donors (Lipinski definition) is 1. The SMILES string of the molecule is O=C(O)C1CN(S(=O)(=O)c2ccc(Cl)o2)C2(CCOCC2)C1. The molecule has 2 aliphatic rings. The van der Waals surface area contributed by atoms with Gasteiger partial charge in [-0.05, 0) is 43.0 Å². The fourth-order valence-corrected chi connectivity index (χ4v) is 5.27. The summed E-state index contributed by atoms with van der Waals surface area (Å²) in [5, 5.41) is 9.01. The summed E-state index contributed by atoms with van der Waals surface area (Å²) >= 11 is 5.67. The molecule has 7 nitrogen and oxygen atoms in total. The summed E-state index contributed by atoms with van der Waals surface area (Å²) in [6, 6.07) is 2.65. The lowest BCUT2D eigenvalue weighted by Crippen LogP contribution is -2.50. The van der Waals surface area contributed by atoms with Crippen LogP contribution in [0.4, 0.5) is 0 Å². The Morgan fingerprint density at radius 1 is 1.36 bits per heavy atom. The van der Waals surface area contributed by atoms with Crippen LogP contribution in [0.2, 0.25) is 5.22 Å². The Morgan fingerprint density at radius 3 is 2.59 bits per heavy atom. The van der Waals surface area contributed by atoms with Crippen LogP contribution < -0.4 is 0 Å². The van der Waals surface area contributed by atoms with Crippen LogP contribution in [0.15, 0.2) is 21.6 Å². The van der Waals surface area contributed by atoms with Crippen LogP contribution >= 0.6 is 11.6 Å². The molecule has 2 saturated heterocycles. The topological polar surface area (TPSA) is 97.1 Å². The molecule has 9 heteroatoms. The fourth-order valence-electron chi connectivity index (χ4n) is 3.29. The molecule has 3 heterocycles. The van der Waals surface area contributed by atoms with Gasteiger partial charge in [-0.25, -0.2) is 8.42 Å². The van der Waals surface area contributed by atoms with Gasteiger partial charge < -0.3 is 14.3 Å². The van der Waals surface area contributed by atoms with Crippen molar-refractivity contribution in [3.8, 4) is 0 Å². The number of carboxylic acids is 1. The third-order valence-electron chi connectivity index (χ3n) is 4.41. The Balaban J connectivity index is 2.00. The second-order valence-electron chi connectivity index (χ2n) is 5.67. The van der Waals surface area contributed by atoms with Gasteiger partial charge in [-0.2, -0.15) is 4.31 Å². The summed E-state index contributed by atoms with van der Waals surface area (Å²) in [6.45, 7) is 0.768. The smallest absolute Gasteiger partial charge is 0.307 e. The van der Waals surface area contributed by atoms with Gasteiger partial charge in [-0.1, -0.05) is 0 Å². The molecule has 1 aromatic rings. The molecule has 0 aromatic carbocycles. The van der Waals surface area contributed by atoms with Crippen LogP contribution in [0.1, 0.15) is 19.3 Å². The van der Waals surface area contributed by atoms with Gasteiger partial charge in [0.05, 0.1) is 5.92 Å². The highest BCUT2D eigenvalue weighted by atomic mass is 35.5. The van der Waals surface area contributed by atoms with Crippen molar-refractivity contribution < 1.29 is 27.5 Å². The predicted molar refractivity (Wildman–Crippen MR) is 76.1 cm³/mol. The van der Waals surface area contributed by atoms with Gasteiger partial charge in [0.15, 0.2) is 5.22 Å². The van der Waals surface area contributed by atoms with Gasteiger partial charge in [0.2, 0.25) is 5.09 Å². The standard InChI is InChI=1S/C13H16ClNO6S/c14-10-1-2-11(21-10)22(18,19)15-8-9(12(16)17)7-13(15)3-5-20-6-4-13/h1-2,9H,3-8H2,(H,16,17). The van der Waals surface area contributed by atoms with Crippen molar-refractivity contribution in [3.63, 3.8) is 0 Å². The maximum Gasteiger partial charge on any atom is 0.307 e. The maximum atomic E-state index is 12.8. The number of ether oxygens (including phenoxy) is 1. The number of sulfonamides is 1. The average Bonchev–Trinajstić information content (AvgIpc) is 3.05. The minimum Gasteiger partial charge on any atom is -0.481 e. The molecule has 1 spiro atoms. The fraction of sp³-hybridized carbons (Fsp3) is 0.615. The van der Waals surface area contributed by atoms with Crippen LogP contribution in [0.5, 0.6) is 0 Å². The molecule has 1 N–H and O–H groups in total. The van der Waals surface area contributed by atoms with Gasteiger partial charge in [0.25, 0.3) is 10.0 Å². The molecule has 2 fully saturated rings. The molecule has 1 aromatic heterocycles. The van der Waals surface area contributed by atoms with E-state index in [9.17, 15) is 18.3 Å². The number of carboxylic acid groups (broad SMARTS) is 1. The first-order valence-corrected chi connectivity index (χ1v) is 8.76. The maximum absolute atomic E-state index is 12.8. The van der Waals surface area contributed by atoms with Crippen LogP contribution in [0.3, 0.4) is 0 Å². The van der Waals surface area contributed by atoms with E-state index in [-0.39, 0.29) is 16.9 Å². The number of aliphatic carboxylic acids is 1. The Labute approximate surface area is 132 Å². The average molecular weight is 350 g/mol. The monoisotopic (exact) mass is 349 g/mol. The van der Waals surface area contributed by atoms with Crippen molar-refractivity contribution in [2.24, 2.45) is 5.92 Å². The molecule has 0 amide bonds. The Hall–Kier alpha value is -1.09. The molecular weight excluding hydrogens is 334 g/mol. The number of hydrogen-bond acceptors (Lipinski definition) is 5. The van der Waals surface area contributed by atoms with Crippen LogP contribution in [-0.2, 0) is 19.6 Å². The van der Waals surface area contributed by atoms with Crippen molar-refractivity contribution in [1.82, 2.24) is 4.31 Å². The van der Waals surface area contributed by atoms with Gasteiger partial charge in [0, 0.05) is 25.3 Å². The van der Waals surface area contributed by atoms with Gasteiger partial charge in [0.1, 0.15) is 0 Å². The normalized spacial score (nSPS) is 25.6. The highest BCUT2D eigenvalue weighted by Crippen LogP contribution is 2.44. The molecule has 122 valence electrons. The van der Waals surface area contributed by atoms with Crippen molar-refractivity contribution in [1.29, 1.82) is 0 Å².